The van der Waals surface area contributed by atoms with E-state index in [4.69, 9.17) is 14.2 Å². The molecular weight excluding hydrogens is 442 g/mol. The Kier molecular flexibility index (Phi) is 5.65. The molecule has 3 aromatic carbocycles. The molecule has 0 bridgehead atoms. The Morgan fingerprint density at radius 2 is 1.89 bits per heavy atom. The molecule has 0 atom stereocenters. The standard InChI is InChI=1S/C29H25NO5/c1-5-30-16-19(23-15-20(33-4)10-12-24(23)30)14-26-27(31)22-11-13-25(18(3)28(22)34-26)35-29(32)21-9-7-6-8-17(21)2/h6-16H,5H2,1-4H3/b26-14+. The third-order valence-corrected chi connectivity index (χ3v) is 6.35. The number of ketones is 1. The summed E-state index contributed by atoms with van der Waals surface area (Å²) in [7, 11) is 1.63. The number of allylic oxidation sites excluding steroid dienone is 1. The fraction of sp³-hybridized carbons (Fsp3) is 0.172. The van der Waals surface area contributed by atoms with Gasteiger partial charge in [0, 0.05) is 34.8 Å². The molecule has 4 aromatic rings. The molecule has 0 unspecified atom stereocenters. The van der Waals surface area contributed by atoms with Crippen molar-refractivity contribution in [3.8, 4) is 17.2 Å². The molecular formula is C29H25NO5. The summed E-state index contributed by atoms with van der Waals surface area (Å²) in [6.45, 7) is 6.49. The summed E-state index contributed by atoms with van der Waals surface area (Å²) >= 11 is 0. The van der Waals surface area contributed by atoms with Crippen LogP contribution >= 0.6 is 0 Å². The number of carbonyl (C=O) groups is 2. The lowest BCUT2D eigenvalue weighted by atomic mass is 10.1. The van der Waals surface area contributed by atoms with E-state index in [9.17, 15) is 9.59 Å². The first kappa shape index (κ1) is 22.5. The Morgan fingerprint density at radius 1 is 1.09 bits per heavy atom. The predicted molar refractivity (Wildman–Crippen MR) is 134 cm³/mol. The number of nitrogens with zero attached hydrogens (tertiary/aromatic N) is 1. The van der Waals surface area contributed by atoms with Gasteiger partial charge in [0.1, 0.15) is 17.2 Å². The van der Waals surface area contributed by atoms with Crippen molar-refractivity contribution in [1.82, 2.24) is 4.57 Å². The Hall–Kier alpha value is -4.32. The van der Waals surface area contributed by atoms with Gasteiger partial charge < -0.3 is 18.8 Å². The van der Waals surface area contributed by atoms with Crippen molar-refractivity contribution in [2.24, 2.45) is 0 Å². The quantitative estimate of drug-likeness (QED) is 0.201. The molecule has 5 rings (SSSR count). The largest absolute Gasteiger partial charge is 0.497 e. The number of esters is 1. The molecule has 0 spiro atoms. The molecule has 0 N–H and O–H groups in total. The van der Waals surface area contributed by atoms with Crippen molar-refractivity contribution in [1.29, 1.82) is 0 Å². The lowest BCUT2D eigenvalue weighted by Crippen LogP contribution is -2.11. The van der Waals surface area contributed by atoms with Gasteiger partial charge in [0.05, 0.1) is 18.2 Å². The Bertz CT molecular complexity index is 1530. The van der Waals surface area contributed by atoms with E-state index >= 15 is 0 Å². The van der Waals surface area contributed by atoms with Gasteiger partial charge in [-0.1, -0.05) is 18.2 Å². The molecule has 6 nitrogen and oxygen atoms in total. The number of carbonyl (C=O) groups excluding carboxylic acids is 2. The normalized spacial score (nSPS) is 13.7. The molecule has 0 fully saturated rings. The Labute approximate surface area is 203 Å². The summed E-state index contributed by atoms with van der Waals surface area (Å²) in [5.74, 6) is 1.08. The fourth-order valence-electron chi connectivity index (χ4n) is 4.38. The third kappa shape index (κ3) is 3.87. The van der Waals surface area contributed by atoms with Gasteiger partial charge in [0.25, 0.3) is 0 Å². The fourth-order valence-corrected chi connectivity index (χ4v) is 4.38. The van der Waals surface area contributed by atoms with Gasteiger partial charge in [-0.3, -0.25) is 4.79 Å². The topological polar surface area (TPSA) is 66.8 Å². The van der Waals surface area contributed by atoms with Crippen LogP contribution in [0.4, 0.5) is 0 Å². The lowest BCUT2D eigenvalue weighted by molar-refractivity contribution is 0.0732. The van der Waals surface area contributed by atoms with Crippen LogP contribution in [0, 0.1) is 13.8 Å². The first-order chi connectivity index (χ1) is 16.9. The maximum atomic E-state index is 13.2. The Balaban J connectivity index is 1.49. The van der Waals surface area contributed by atoms with E-state index in [2.05, 4.69) is 11.5 Å². The van der Waals surface area contributed by atoms with Crippen LogP contribution in [0.1, 0.15) is 44.3 Å². The van der Waals surface area contributed by atoms with Crippen LogP contribution in [-0.4, -0.2) is 23.4 Å². The monoisotopic (exact) mass is 467 g/mol. The maximum absolute atomic E-state index is 13.2. The highest BCUT2D eigenvalue weighted by Crippen LogP contribution is 2.40. The van der Waals surface area contributed by atoms with Crippen LogP contribution in [0.5, 0.6) is 17.2 Å². The molecule has 0 saturated carbocycles. The van der Waals surface area contributed by atoms with Crippen molar-refractivity contribution in [3.63, 3.8) is 0 Å². The zero-order valence-corrected chi connectivity index (χ0v) is 20.0. The number of aromatic nitrogens is 1. The molecule has 0 radical (unpaired) electrons. The first-order valence-electron chi connectivity index (χ1n) is 11.4. The highest BCUT2D eigenvalue weighted by Gasteiger charge is 2.31. The first-order valence-corrected chi connectivity index (χ1v) is 11.4. The van der Waals surface area contributed by atoms with Gasteiger partial charge in [-0.15, -0.1) is 0 Å². The number of hydrogen-bond donors (Lipinski definition) is 0. The van der Waals surface area contributed by atoms with Crippen molar-refractivity contribution in [3.05, 3.63) is 94.4 Å². The molecule has 2 heterocycles. The Morgan fingerprint density at radius 3 is 2.63 bits per heavy atom. The van der Waals surface area contributed by atoms with Crippen molar-refractivity contribution >= 4 is 28.7 Å². The van der Waals surface area contributed by atoms with E-state index in [1.165, 1.54) is 0 Å². The number of benzene rings is 3. The number of aryl methyl sites for hydroxylation is 2. The van der Waals surface area contributed by atoms with Crippen LogP contribution in [0.3, 0.4) is 0 Å². The number of fused-ring (bicyclic) bond motifs is 2. The van der Waals surface area contributed by atoms with E-state index in [0.717, 1.165) is 34.3 Å². The second-order valence-corrected chi connectivity index (χ2v) is 8.46. The van der Waals surface area contributed by atoms with E-state index < -0.39 is 5.97 Å². The highest BCUT2D eigenvalue weighted by molar-refractivity contribution is 6.15. The van der Waals surface area contributed by atoms with Gasteiger partial charge in [0.15, 0.2) is 5.76 Å². The minimum absolute atomic E-state index is 0.208. The van der Waals surface area contributed by atoms with Crippen LogP contribution < -0.4 is 14.2 Å². The van der Waals surface area contributed by atoms with Crippen molar-refractivity contribution in [2.75, 3.05) is 7.11 Å². The summed E-state index contributed by atoms with van der Waals surface area (Å²) in [6, 6.07) is 16.4. The summed E-state index contributed by atoms with van der Waals surface area (Å²) in [6.07, 6.45) is 3.76. The van der Waals surface area contributed by atoms with Crippen LogP contribution in [0.25, 0.3) is 17.0 Å². The molecule has 0 saturated heterocycles. The van der Waals surface area contributed by atoms with Crippen LogP contribution in [0.15, 0.2) is 66.6 Å². The number of methoxy groups -OCH3 is 1. The van der Waals surface area contributed by atoms with E-state index in [-0.39, 0.29) is 11.5 Å². The smallest absolute Gasteiger partial charge is 0.343 e. The van der Waals surface area contributed by atoms with Gasteiger partial charge in [-0.05, 0) is 68.8 Å². The van der Waals surface area contributed by atoms with Gasteiger partial charge in [-0.25, -0.2) is 4.79 Å². The van der Waals surface area contributed by atoms with E-state index in [1.54, 1.807) is 44.4 Å². The second-order valence-electron chi connectivity index (χ2n) is 8.46. The van der Waals surface area contributed by atoms with Gasteiger partial charge in [0.2, 0.25) is 5.78 Å². The molecule has 176 valence electrons. The highest BCUT2D eigenvalue weighted by atomic mass is 16.5. The predicted octanol–water partition coefficient (Wildman–Crippen LogP) is 6.12. The van der Waals surface area contributed by atoms with Crippen molar-refractivity contribution < 1.29 is 23.8 Å². The average molecular weight is 468 g/mol. The summed E-state index contributed by atoms with van der Waals surface area (Å²) < 4.78 is 19.2. The second kappa shape index (κ2) is 8.80. The van der Waals surface area contributed by atoms with E-state index in [0.29, 0.717) is 28.2 Å². The summed E-state index contributed by atoms with van der Waals surface area (Å²) in [5.41, 5.74) is 4.27. The zero-order chi connectivity index (χ0) is 24.7. The third-order valence-electron chi connectivity index (χ3n) is 6.35. The molecule has 1 aromatic heterocycles. The zero-order valence-electron chi connectivity index (χ0n) is 20.0. The molecule has 1 aliphatic heterocycles. The minimum Gasteiger partial charge on any atom is -0.497 e. The molecule has 35 heavy (non-hydrogen) atoms. The average Bonchev–Trinajstić information content (AvgIpc) is 3.38. The number of hydrogen-bond acceptors (Lipinski definition) is 5. The number of rotatable bonds is 5. The number of Topliss-reactive ketones (excluding diaryl/α,β-unsaturated/α-hetero) is 1. The van der Waals surface area contributed by atoms with Gasteiger partial charge >= 0.3 is 5.97 Å². The minimum atomic E-state index is -0.451. The maximum Gasteiger partial charge on any atom is 0.343 e. The van der Waals surface area contributed by atoms with Gasteiger partial charge in [-0.2, -0.15) is 0 Å². The van der Waals surface area contributed by atoms with E-state index in [1.807, 2.05) is 43.5 Å². The number of ether oxygens (including phenoxy) is 3. The SMILES string of the molecule is CCn1cc(/C=C2/Oc3c(ccc(OC(=O)c4ccccc4C)c3C)C2=O)c2cc(OC)ccc21. The summed E-state index contributed by atoms with van der Waals surface area (Å²) in [5, 5.41) is 0.968. The molecule has 0 amide bonds. The molecule has 1 aliphatic rings. The summed E-state index contributed by atoms with van der Waals surface area (Å²) in [4.78, 5) is 25.9. The lowest BCUT2D eigenvalue weighted by Gasteiger charge is -2.11. The van der Waals surface area contributed by atoms with Crippen molar-refractivity contribution in [2.45, 2.75) is 27.3 Å². The van der Waals surface area contributed by atoms with Crippen LogP contribution in [0.2, 0.25) is 0 Å². The molecule has 6 heteroatoms. The van der Waals surface area contributed by atoms with Crippen LogP contribution in [-0.2, 0) is 6.54 Å². The molecule has 0 aliphatic carbocycles.